The summed E-state index contributed by atoms with van der Waals surface area (Å²) in [6, 6.07) is 4.15. The molecule has 3 fully saturated rings. The molecule has 0 unspecified atom stereocenters. The summed E-state index contributed by atoms with van der Waals surface area (Å²) in [4.78, 5) is 21.2. The molecule has 1 aliphatic carbocycles. The molecule has 4 rings (SSSR count). The molecule has 2 aliphatic heterocycles. The Kier molecular flexibility index (Phi) is 5.02. The van der Waals surface area contributed by atoms with Crippen molar-refractivity contribution in [2.75, 3.05) is 26.2 Å². The quantitative estimate of drug-likeness (QED) is 0.903. The van der Waals surface area contributed by atoms with E-state index < -0.39 is 5.60 Å². The number of carbonyl (C=O) groups excluding carboxylic acids is 1. The van der Waals surface area contributed by atoms with E-state index in [0.717, 1.165) is 63.8 Å². The van der Waals surface area contributed by atoms with Crippen LogP contribution in [0.15, 0.2) is 24.5 Å². The van der Waals surface area contributed by atoms with Crippen LogP contribution in [0.1, 0.15) is 55.8 Å². The van der Waals surface area contributed by atoms with Crippen LogP contribution in [0.5, 0.6) is 0 Å². The summed E-state index contributed by atoms with van der Waals surface area (Å²) in [6.07, 6.45) is 9.72. The minimum Gasteiger partial charge on any atom is -0.390 e. The number of carbonyl (C=O) groups is 1. The summed E-state index contributed by atoms with van der Waals surface area (Å²) in [7, 11) is 0. The van der Waals surface area contributed by atoms with E-state index in [2.05, 4.69) is 16.8 Å². The van der Waals surface area contributed by atoms with Gasteiger partial charge in [-0.25, -0.2) is 0 Å². The average molecular weight is 357 g/mol. The zero-order valence-electron chi connectivity index (χ0n) is 15.8. The van der Waals surface area contributed by atoms with Gasteiger partial charge in [0, 0.05) is 56.1 Å². The monoisotopic (exact) mass is 357 g/mol. The first-order valence-corrected chi connectivity index (χ1v) is 10.3. The standard InChI is InChI=1S/C21H31N3O2/c1-2-21(26)9-3-4-17-14-24(15-19(17)21)18-7-12-23(13-8-18)20(25)16-5-10-22-11-6-16/h5-6,10-11,17-19,26H,2-4,7-9,12-15H2,1H3/t17-,19+,21-/m0/s1. The number of rotatable bonds is 3. The van der Waals surface area contributed by atoms with Crippen molar-refractivity contribution in [2.24, 2.45) is 11.8 Å². The molecule has 1 amide bonds. The molecule has 0 aromatic carbocycles. The number of fused-ring (bicyclic) bond motifs is 1. The number of nitrogens with zero attached hydrogens (tertiary/aromatic N) is 3. The summed E-state index contributed by atoms with van der Waals surface area (Å²) in [6.45, 7) is 5.97. The van der Waals surface area contributed by atoms with Crippen LogP contribution in [0, 0.1) is 11.8 Å². The molecule has 1 aromatic rings. The Bertz CT molecular complexity index is 629. The van der Waals surface area contributed by atoms with Crippen molar-refractivity contribution >= 4 is 5.91 Å². The summed E-state index contributed by atoms with van der Waals surface area (Å²) in [5.74, 6) is 1.23. The van der Waals surface area contributed by atoms with Crippen LogP contribution < -0.4 is 0 Å². The van der Waals surface area contributed by atoms with Gasteiger partial charge in [0.15, 0.2) is 0 Å². The number of aromatic nitrogens is 1. The molecule has 0 bridgehead atoms. The molecule has 26 heavy (non-hydrogen) atoms. The Hall–Kier alpha value is -1.46. The highest BCUT2D eigenvalue weighted by molar-refractivity contribution is 5.94. The predicted molar refractivity (Wildman–Crippen MR) is 101 cm³/mol. The van der Waals surface area contributed by atoms with Gasteiger partial charge in [-0.1, -0.05) is 13.3 Å². The Balaban J connectivity index is 1.35. The van der Waals surface area contributed by atoms with Gasteiger partial charge in [0.2, 0.25) is 0 Å². The molecule has 3 heterocycles. The van der Waals surface area contributed by atoms with Crippen molar-refractivity contribution < 1.29 is 9.90 Å². The van der Waals surface area contributed by atoms with Crippen molar-refractivity contribution in [3.8, 4) is 0 Å². The van der Waals surface area contributed by atoms with Crippen molar-refractivity contribution in [3.05, 3.63) is 30.1 Å². The lowest BCUT2D eigenvalue weighted by atomic mass is 9.69. The maximum absolute atomic E-state index is 12.6. The van der Waals surface area contributed by atoms with Gasteiger partial charge in [0.25, 0.3) is 5.91 Å². The van der Waals surface area contributed by atoms with Crippen LogP contribution in [-0.2, 0) is 0 Å². The summed E-state index contributed by atoms with van der Waals surface area (Å²) in [5.41, 5.74) is 0.286. The van der Waals surface area contributed by atoms with Crippen LogP contribution in [0.25, 0.3) is 0 Å². The lowest BCUT2D eigenvalue weighted by Gasteiger charge is -2.41. The van der Waals surface area contributed by atoms with E-state index in [9.17, 15) is 9.90 Å². The van der Waals surface area contributed by atoms with Crippen LogP contribution in [0.4, 0.5) is 0 Å². The third-order valence-electron chi connectivity index (χ3n) is 7.15. The Morgan fingerprint density at radius 2 is 1.96 bits per heavy atom. The van der Waals surface area contributed by atoms with Crippen LogP contribution in [-0.4, -0.2) is 63.6 Å². The molecule has 0 spiro atoms. The second-order valence-corrected chi connectivity index (χ2v) is 8.43. The highest BCUT2D eigenvalue weighted by Crippen LogP contribution is 2.45. The topological polar surface area (TPSA) is 56.7 Å². The molecule has 142 valence electrons. The van der Waals surface area contributed by atoms with E-state index in [1.165, 1.54) is 6.42 Å². The molecule has 1 aromatic heterocycles. The highest BCUT2D eigenvalue weighted by atomic mass is 16.3. The van der Waals surface area contributed by atoms with Gasteiger partial charge < -0.3 is 10.0 Å². The number of piperidine rings is 1. The summed E-state index contributed by atoms with van der Waals surface area (Å²) < 4.78 is 0. The zero-order chi connectivity index (χ0) is 18.1. The van der Waals surface area contributed by atoms with E-state index in [-0.39, 0.29) is 5.91 Å². The van der Waals surface area contributed by atoms with Crippen molar-refractivity contribution in [2.45, 2.75) is 57.1 Å². The first-order valence-electron chi connectivity index (χ1n) is 10.3. The van der Waals surface area contributed by atoms with Gasteiger partial charge in [-0.2, -0.15) is 0 Å². The SMILES string of the molecule is CC[C@]1(O)CCC[C@H]2CN(C3CCN(C(=O)c4ccncc4)CC3)C[C@H]21. The minimum atomic E-state index is -0.449. The maximum Gasteiger partial charge on any atom is 0.253 e. The van der Waals surface area contributed by atoms with Crippen molar-refractivity contribution in [1.82, 2.24) is 14.8 Å². The molecule has 1 N–H and O–H groups in total. The normalized spacial score (nSPS) is 33.2. The lowest BCUT2D eigenvalue weighted by Crippen LogP contribution is -2.47. The number of hydrogen-bond acceptors (Lipinski definition) is 4. The molecular formula is C21H31N3O2. The fourth-order valence-corrected chi connectivity index (χ4v) is 5.51. The lowest BCUT2D eigenvalue weighted by molar-refractivity contribution is -0.0618. The largest absolute Gasteiger partial charge is 0.390 e. The number of hydrogen-bond donors (Lipinski definition) is 1. The van der Waals surface area contributed by atoms with Crippen LogP contribution >= 0.6 is 0 Å². The van der Waals surface area contributed by atoms with Gasteiger partial charge in [-0.15, -0.1) is 0 Å². The summed E-state index contributed by atoms with van der Waals surface area (Å²) in [5, 5.41) is 11.0. The van der Waals surface area contributed by atoms with Gasteiger partial charge in [-0.05, 0) is 50.2 Å². The Labute approximate surface area is 156 Å². The second kappa shape index (κ2) is 7.28. The fraction of sp³-hybridized carbons (Fsp3) is 0.714. The van der Waals surface area contributed by atoms with Gasteiger partial charge >= 0.3 is 0 Å². The number of aliphatic hydroxyl groups is 1. The van der Waals surface area contributed by atoms with E-state index in [4.69, 9.17) is 0 Å². The molecule has 3 aliphatic rings. The molecule has 5 nitrogen and oxygen atoms in total. The van der Waals surface area contributed by atoms with E-state index in [1.807, 2.05) is 4.90 Å². The molecule has 1 saturated carbocycles. The third-order valence-corrected chi connectivity index (χ3v) is 7.15. The maximum atomic E-state index is 12.6. The molecule has 5 heteroatoms. The molecule has 0 radical (unpaired) electrons. The first-order chi connectivity index (χ1) is 12.6. The number of amides is 1. The molecular weight excluding hydrogens is 326 g/mol. The van der Waals surface area contributed by atoms with Crippen molar-refractivity contribution in [1.29, 1.82) is 0 Å². The summed E-state index contributed by atoms with van der Waals surface area (Å²) >= 11 is 0. The number of likely N-dealkylation sites (tertiary alicyclic amines) is 2. The Morgan fingerprint density at radius 1 is 1.23 bits per heavy atom. The fourth-order valence-electron chi connectivity index (χ4n) is 5.51. The third kappa shape index (κ3) is 3.27. The second-order valence-electron chi connectivity index (χ2n) is 8.43. The van der Waals surface area contributed by atoms with E-state index in [1.54, 1.807) is 24.5 Å². The predicted octanol–water partition coefficient (Wildman–Crippen LogP) is 2.56. The smallest absolute Gasteiger partial charge is 0.253 e. The van der Waals surface area contributed by atoms with Crippen molar-refractivity contribution in [3.63, 3.8) is 0 Å². The minimum absolute atomic E-state index is 0.126. The van der Waals surface area contributed by atoms with Crippen LogP contribution in [0.2, 0.25) is 0 Å². The molecule has 3 atom stereocenters. The van der Waals surface area contributed by atoms with Gasteiger partial charge in [0.1, 0.15) is 0 Å². The zero-order valence-corrected chi connectivity index (χ0v) is 15.8. The average Bonchev–Trinajstić information content (AvgIpc) is 3.14. The van der Waals surface area contributed by atoms with Gasteiger partial charge in [-0.3, -0.25) is 14.7 Å². The van der Waals surface area contributed by atoms with Crippen LogP contribution in [0.3, 0.4) is 0 Å². The van der Waals surface area contributed by atoms with Gasteiger partial charge in [0.05, 0.1) is 5.60 Å². The number of pyridine rings is 1. The first kappa shape index (κ1) is 17.9. The van der Waals surface area contributed by atoms with E-state index in [0.29, 0.717) is 17.9 Å². The highest BCUT2D eigenvalue weighted by Gasteiger charge is 2.49. The Morgan fingerprint density at radius 3 is 2.65 bits per heavy atom. The molecule has 2 saturated heterocycles. The van der Waals surface area contributed by atoms with E-state index >= 15 is 0 Å².